The van der Waals surface area contributed by atoms with Crippen molar-refractivity contribution in [2.45, 2.75) is 12.6 Å². The molecule has 1 aromatic rings. The Morgan fingerprint density at radius 1 is 1.15 bits per heavy atom. The average Bonchev–Trinajstić information content (AvgIpc) is 2.31. The van der Waals surface area contributed by atoms with Crippen LogP contribution in [0.3, 0.4) is 0 Å². The van der Waals surface area contributed by atoms with Gasteiger partial charge < -0.3 is 9.47 Å². The maximum atomic E-state index is 12.0. The van der Waals surface area contributed by atoms with E-state index in [9.17, 15) is 21.6 Å². The minimum atomic E-state index is -4.40. The summed E-state index contributed by atoms with van der Waals surface area (Å²) in [5.74, 6) is 0.373. The minimum absolute atomic E-state index is 0.00271. The summed E-state index contributed by atoms with van der Waals surface area (Å²) in [5.41, 5.74) is 0. The molecule has 0 aromatic heterocycles. The van der Waals surface area contributed by atoms with Crippen LogP contribution in [0.5, 0.6) is 11.5 Å². The summed E-state index contributed by atoms with van der Waals surface area (Å²) < 4.78 is 67.6. The molecule has 1 rings (SSSR count). The van der Waals surface area contributed by atoms with Crippen LogP contribution in [0.2, 0.25) is 0 Å². The van der Waals surface area contributed by atoms with Crippen LogP contribution in [0.25, 0.3) is 0 Å². The van der Waals surface area contributed by atoms with Crippen LogP contribution in [0.4, 0.5) is 13.2 Å². The van der Waals surface area contributed by atoms with Gasteiger partial charge in [-0.2, -0.15) is 13.2 Å². The summed E-state index contributed by atoms with van der Waals surface area (Å²) in [7, 11) is -3.04. The van der Waals surface area contributed by atoms with E-state index in [1.807, 2.05) is 0 Å². The molecule has 0 saturated carbocycles. The third-order valence-electron chi connectivity index (χ3n) is 2.14. The zero-order valence-electron chi connectivity index (χ0n) is 10.8. The molecule has 0 spiro atoms. The number of benzene rings is 1. The second-order valence-electron chi connectivity index (χ2n) is 4.21. The molecule has 0 heterocycles. The monoisotopic (exact) mass is 312 g/mol. The Hall–Kier alpha value is -1.44. The molecular weight excluding hydrogens is 297 g/mol. The van der Waals surface area contributed by atoms with Gasteiger partial charge in [0, 0.05) is 12.3 Å². The van der Waals surface area contributed by atoms with Crippen LogP contribution in [-0.2, 0) is 9.84 Å². The Morgan fingerprint density at radius 2 is 1.75 bits per heavy atom. The molecule has 0 aliphatic carbocycles. The summed E-state index contributed by atoms with van der Waals surface area (Å²) in [5, 5.41) is 0. The highest BCUT2D eigenvalue weighted by atomic mass is 32.2. The van der Waals surface area contributed by atoms with Crippen molar-refractivity contribution in [1.82, 2.24) is 0 Å². The summed E-state index contributed by atoms with van der Waals surface area (Å²) in [6.45, 7) is -1.21. The van der Waals surface area contributed by atoms with Crippen molar-refractivity contribution in [3.63, 3.8) is 0 Å². The molecule has 4 nitrogen and oxygen atoms in total. The van der Waals surface area contributed by atoms with Crippen LogP contribution >= 0.6 is 0 Å². The summed E-state index contributed by atoms with van der Waals surface area (Å²) >= 11 is 0. The van der Waals surface area contributed by atoms with Crippen molar-refractivity contribution in [1.29, 1.82) is 0 Å². The van der Waals surface area contributed by atoms with E-state index in [1.54, 1.807) is 6.07 Å². The zero-order chi connectivity index (χ0) is 15.2. The molecule has 0 radical (unpaired) electrons. The lowest BCUT2D eigenvalue weighted by atomic mass is 10.3. The van der Waals surface area contributed by atoms with E-state index in [-0.39, 0.29) is 18.1 Å². The van der Waals surface area contributed by atoms with Crippen molar-refractivity contribution in [2.24, 2.45) is 0 Å². The Labute approximate surface area is 115 Å². The second kappa shape index (κ2) is 6.83. The fourth-order valence-electron chi connectivity index (χ4n) is 1.33. The molecule has 8 heteroatoms. The smallest absolute Gasteiger partial charge is 0.422 e. The van der Waals surface area contributed by atoms with Crippen LogP contribution in [0, 0.1) is 0 Å². The van der Waals surface area contributed by atoms with Crippen molar-refractivity contribution >= 4 is 9.84 Å². The number of rotatable bonds is 7. The van der Waals surface area contributed by atoms with Gasteiger partial charge in [0.15, 0.2) is 6.61 Å². The van der Waals surface area contributed by atoms with Gasteiger partial charge in [0.1, 0.15) is 21.3 Å². The van der Waals surface area contributed by atoms with Crippen molar-refractivity contribution < 1.29 is 31.1 Å². The van der Waals surface area contributed by atoms with E-state index in [2.05, 4.69) is 4.74 Å². The highest BCUT2D eigenvalue weighted by Crippen LogP contribution is 2.22. The van der Waals surface area contributed by atoms with E-state index < -0.39 is 22.6 Å². The molecule has 0 amide bonds. The standard InChI is InChI=1S/C12H15F3O4S/c1-20(16,17)7-3-6-18-10-4-2-5-11(8-10)19-9-12(13,14)15/h2,4-5,8H,3,6-7,9H2,1H3. The summed E-state index contributed by atoms with van der Waals surface area (Å²) in [6.07, 6.45) is -2.96. The molecule has 0 N–H and O–H groups in total. The maximum absolute atomic E-state index is 12.0. The maximum Gasteiger partial charge on any atom is 0.422 e. The topological polar surface area (TPSA) is 52.6 Å². The van der Waals surface area contributed by atoms with Gasteiger partial charge in [-0.25, -0.2) is 8.42 Å². The first-order valence-electron chi connectivity index (χ1n) is 5.76. The van der Waals surface area contributed by atoms with Gasteiger partial charge in [-0.05, 0) is 18.6 Å². The Morgan fingerprint density at radius 3 is 2.30 bits per heavy atom. The summed E-state index contributed by atoms with van der Waals surface area (Å²) in [4.78, 5) is 0. The molecular formula is C12H15F3O4S. The largest absolute Gasteiger partial charge is 0.493 e. The molecule has 1 aromatic carbocycles. The molecule has 0 bridgehead atoms. The first kappa shape index (κ1) is 16.6. The highest BCUT2D eigenvalue weighted by Gasteiger charge is 2.28. The normalized spacial score (nSPS) is 12.2. The van der Waals surface area contributed by atoms with Gasteiger partial charge in [-0.3, -0.25) is 0 Å². The van der Waals surface area contributed by atoms with Gasteiger partial charge in [-0.15, -0.1) is 0 Å². The fraction of sp³-hybridized carbons (Fsp3) is 0.500. The van der Waals surface area contributed by atoms with E-state index in [1.165, 1.54) is 18.2 Å². The van der Waals surface area contributed by atoms with Crippen LogP contribution in [-0.4, -0.2) is 39.8 Å². The molecule has 0 aliphatic rings. The molecule has 0 fully saturated rings. The van der Waals surface area contributed by atoms with E-state index in [0.717, 1.165) is 6.26 Å². The first-order valence-corrected chi connectivity index (χ1v) is 7.82. The Bertz CT molecular complexity index is 526. The van der Waals surface area contributed by atoms with Crippen LogP contribution < -0.4 is 9.47 Å². The molecule has 0 aliphatic heterocycles. The molecule has 0 saturated heterocycles. The van der Waals surface area contributed by atoms with Gasteiger partial charge in [-0.1, -0.05) is 6.07 Å². The van der Waals surface area contributed by atoms with Crippen molar-refractivity contribution in [2.75, 3.05) is 25.2 Å². The lowest BCUT2D eigenvalue weighted by Crippen LogP contribution is -2.19. The quantitative estimate of drug-likeness (QED) is 0.726. The predicted molar refractivity (Wildman–Crippen MR) is 67.8 cm³/mol. The predicted octanol–water partition coefficient (Wildman–Crippen LogP) is 2.44. The lowest BCUT2D eigenvalue weighted by molar-refractivity contribution is -0.153. The zero-order valence-corrected chi connectivity index (χ0v) is 11.6. The molecule has 0 atom stereocenters. The number of ether oxygens (including phenoxy) is 2. The van der Waals surface area contributed by atoms with Gasteiger partial charge in [0.05, 0.1) is 12.4 Å². The van der Waals surface area contributed by atoms with Gasteiger partial charge >= 0.3 is 6.18 Å². The number of hydrogen-bond donors (Lipinski definition) is 0. The summed E-state index contributed by atoms with van der Waals surface area (Å²) in [6, 6.07) is 5.76. The second-order valence-corrected chi connectivity index (χ2v) is 6.47. The molecule has 0 unspecified atom stereocenters. The molecule has 20 heavy (non-hydrogen) atoms. The average molecular weight is 312 g/mol. The number of hydrogen-bond acceptors (Lipinski definition) is 4. The number of sulfone groups is 1. The van der Waals surface area contributed by atoms with Crippen LogP contribution in [0.15, 0.2) is 24.3 Å². The van der Waals surface area contributed by atoms with Gasteiger partial charge in [0.25, 0.3) is 0 Å². The number of halogens is 3. The SMILES string of the molecule is CS(=O)(=O)CCCOc1cccc(OCC(F)(F)F)c1. The third-order valence-corrected chi connectivity index (χ3v) is 3.17. The third kappa shape index (κ3) is 7.88. The van der Waals surface area contributed by atoms with E-state index in [0.29, 0.717) is 12.2 Å². The van der Waals surface area contributed by atoms with Crippen molar-refractivity contribution in [3.05, 3.63) is 24.3 Å². The van der Waals surface area contributed by atoms with Crippen LogP contribution in [0.1, 0.15) is 6.42 Å². The minimum Gasteiger partial charge on any atom is -0.493 e. The lowest BCUT2D eigenvalue weighted by Gasteiger charge is -2.11. The highest BCUT2D eigenvalue weighted by molar-refractivity contribution is 7.90. The van der Waals surface area contributed by atoms with E-state index in [4.69, 9.17) is 4.74 Å². The van der Waals surface area contributed by atoms with Gasteiger partial charge in [0.2, 0.25) is 0 Å². The van der Waals surface area contributed by atoms with Crippen molar-refractivity contribution in [3.8, 4) is 11.5 Å². The fourth-order valence-corrected chi connectivity index (χ4v) is 1.97. The Balaban J connectivity index is 2.44. The van der Waals surface area contributed by atoms with E-state index >= 15 is 0 Å². The number of alkyl halides is 3. The Kier molecular flexibility index (Phi) is 5.67. The first-order chi connectivity index (χ1) is 9.16. The molecule has 114 valence electrons.